The van der Waals surface area contributed by atoms with Crippen LogP contribution in [0.1, 0.15) is 17.5 Å². The molecule has 1 aromatic carbocycles. The molecular weight excluding hydrogens is 162 g/mol. The van der Waals surface area contributed by atoms with Gasteiger partial charge in [0.25, 0.3) is 0 Å². The van der Waals surface area contributed by atoms with E-state index in [1.165, 1.54) is 11.1 Å². The first kappa shape index (κ1) is 8.12. The van der Waals surface area contributed by atoms with Gasteiger partial charge in [0.05, 0.1) is 12.5 Å². The largest absolute Gasteiger partial charge is 0.489 e. The number of benzene rings is 1. The Bertz CT molecular complexity index is 365. The molecule has 0 saturated heterocycles. The summed E-state index contributed by atoms with van der Waals surface area (Å²) in [5.41, 5.74) is 2.49. The van der Waals surface area contributed by atoms with Crippen LogP contribution in [0.5, 0.6) is 5.75 Å². The minimum absolute atomic E-state index is 0.0711. The van der Waals surface area contributed by atoms with Crippen molar-refractivity contribution in [2.24, 2.45) is 0 Å². The molecule has 0 amide bonds. The lowest BCUT2D eigenvalue weighted by Crippen LogP contribution is -2.10. The summed E-state index contributed by atoms with van der Waals surface area (Å²) in [6.45, 7) is 2.07. The summed E-state index contributed by atoms with van der Waals surface area (Å²) in [6, 6.07) is 8.29. The molecule has 0 fully saturated rings. The summed E-state index contributed by atoms with van der Waals surface area (Å²) >= 11 is 0. The standard InChI is InChI=1S/C11H11NO/c1-8-2-3-11-9(6-8)7-10(13-11)4-5-12/h2-3,6,10H,4,7H2,1H3. The van der Waals surface area contributed by atoms with Gasteiger partial charge in [0.2, 0.25) is 0 Å². The molecule has 2 rings (SSSR count). The zero-order valence-electron chi connectivity index (χ0n) is 7.58. The van der Waals surface area contributed by atoms with Crippen LogP contribution >= 0.6 is 0 Å². The second kappa shape index (κ2) is 3.10. The van der Waals surface area contributed by atoms with Gasteiger partial charge in [-0.15, -0.1) is 0 Å². The van der Waals surface area contributed by atoms with Gasteiger partial charge in [-0.25, -0.2) is 0 Å². The van der Waals surface area contributed by atoms with Gasteiger partial charge in [-0.2, -0.15) is 5.26 Å². The molecule has 0 aliphatic carbocycles. The minimum Gasteiger partial charge on any atom is -0.489 e. The van der Waals surface area contributed by atoms with Gasteiger partial charge in [-0.1, -0.05) is 17.7 Å². The van der Waals surface area contributed by atoms with E-state index in [2.05, 4.69) is 19.1 Å². The molecular formula is C11H11NO. The molecule has 0 spiro atoms. The smallest absolute Gasteiger partial charge is 0.123 e. The number of hydrogen-bond donors (Lipinski definition) is 0. The van der Waals surface area contributed by atoms with E-state index in [1.54, 1.807) is 0 Å². The molecule has 2 nitrogen and oxygen atoms in total. The normalized spacial score (nSPS) is 18.9. The molecule has 1 heterocycles. The summed E-state index contributed by atoms with van der Waals surface area (Å²) in [7, 11) is 0. The maximum Gasteiger partial charge on any atom is 0.123 e. The molecule has 1 aliphatic heterocycles. The monoisotopic (exact) mass is 173 g/mol. The fourth-order valence-electron chi connectivity index (χ4n) is 1.66. The van der Waals surface area contributed by atoms with E-state index in [-0.39, 0.29) is 6.10 Å². The number of rotatable bonds is 1. The average molecular weight is 173 g/mol. The van der Waals surface area contributed by atoms with Crippen molar-refractivity contribution in [3.63, 3.8) is 0 Å². The molecule has 1 aromatic rings. The van der Waals surface area contributed by atoms with Crippen molar-refractivity contribution in [2.45, 2.75) is 25.9 Å². The van der Waals surface area contributed by atoms with Gasteiger partial charge < -0.3 is 4.74 Å². The highest BCUT2D eigenvalue weighted by Crippen LogP contribution is 2.30. The van der Waals surface area contributed by atoms with Crippen molar-refractivity contribution >= 4 is 0 Å². The van der Waals surface area contributed by atoms with Crippen molar-refractivity contribution in [2.75, 3.05) is 0 Å². The summed E-state index contributed by atoms with van der Waals surface area (Å²) in [5.74, 6) is 0.950. The number of fused-ring (bicyclic) bond motifs is 1. The van der Waals surface area contributed by atoms with Crippen LogP contribution in [0.2, 0.25) is 0 Å². The molecule has 0 bridgehead atoms. The Hall–Kier alpha value is -1.49. The highest BCUT2D eigenvalue weighted by Gasteiger charge is 2.21. The highest BCUT2D eigenvalue weighted by atomic mass is 16.5. The Kier molecular flexibility index (Phi) is 1.94. The van der Waals surface area contributed by atoms with E-state index >= 15 is 0 Å². The third-order valence-electron chi connectivity index (χ3n) is 2.28. The lowest BCUT2D eigenvalue weighted by atomic mass is 10.1. The van der Waals surface area contributed by atoms with Crippen molar-refractivity contribution in [1.82, 2.24) is 0 Å². The van der Waals surface area contributed by atoms with Crippen LogP contribution in [0.25, 0.3) is 0 Å². The molecule has 0 aromatic heterocycles. The van der Waals surface area contributed by atoms with E-state index in [0.29, 0.717) is 6.42 Å². The number of hydrogen-bond acceptors (Lipinski definition) is 2. The van der Waals surface area contributed by atoms with Crippen LogP contribution in [0.15, 0.2) is 18.2 Å². The maximum absolute atomic E-state index is 8.53. The van der Waals surface area contributed by atoms with Gasteiger partial charge in [0.15, 0.2) is 0 Å². The molecule has 1 aliphatic rings. The Morgan fingerprint density at radius 2 is 2.46 bits per heavy atom. The lowest BCUT2D eigenvalue weighted by molar-refractivity contribution is 0.238. The highest BCUT2D eigenvalue weighted by molar-refractivity contribution is 5.40. The van der Waals surface area contributed by atoms with Gasteiger partial charge in [0, 0.05) is 6.42 Å². The number of ether oxygens (including phenoxy) is 1. The Morgan fingerprint density at radius 1 is 1.62 bits per heavy atom. The van der Waals surface area contributed by atoms with Crippen LogP contribution in [-0.4, -0.2) is 6.10 Å². The Balaban J connectivity index is 2.21. The maximum atomic E-state index is 8.53. The number of nitriles is 1. The topological polar surface area (TPSA) is 33.0 Å². The Labute approximate surface area is 77.8 Å². The second-order valence-corrected chi connectivity index (χ2v) is 3.42. The molecule has 2 heteroatoms. The zero-order chi connectivity index (χ0) is 9.26. The number of aryl methyl sites for hydroxylation is 1. The molecule has 1 atom stereocenters. The third-order valence-corrected chi connectivity index (χ3v) is 2.28. The van der Waals surface area contributed by atoms with E-state index in [9.17, 15) is 0 Å². The van der Waals surface area contributed by atoms with Crippen molar-refractivity contribution in [3.05, 3.63) is 29.3 Å². The lowest BCUT2D eigenvalue weighted by Gasteiger charge is -2.04. The summed E-state index contributed by atoms with van der Waals surface area (Å²) in [5, 5.41) is 8.53. The molecule has 13 heavy (non-hydrogen) atoms. The first-order valence-electron chi connectivity index (χ1n) is 4.43. The van der Waals surface area contributed by atoms with Crippen LogP contribution in [0.3, 0.4) is 0 Å². The van der Waals surface area contributed by atoms with E-state index in [4.69, 9.17) is 10.00 Å². The van der Waals surface area contributed by atoms with Crippen molar-refractivity contribution < 1.29 is 4.74 Å². The van der Waals surface area contributed by atoms with Crippen LogP contribution in [0, 0.1) is 18.3 Å². The predicted molar refractivity (Wildman–Crippen MR) is 49.5 cm³/mol. The van der Waals surface area contributed by atoms with E-state index in [1.807, 2.05) is 12.1 Å². The first-order valence-corrected chi connectivity index (χ1v) is 4.43. The van der Waals surface area contributed by atoms with Crippen LogP contribution < -0.4 is 4.74 Å². The van der Waals surface area contributed by atoms with E-state index < -0.39 is 0 Å². The molecule has 66 valence electrons. The summed E-state index contributed by atoms with van der Waals surface area (Å²) < 4.78 is 5.58. The average Bonchev–Trinajstić information content (AvgIpc) is 2.46. The van der Waals surface area contributed by atoms with Crippen LogP contribution in [0.4, 0.5) is 0 Å². The molecule has 0 radical (unpaired) electrons. The van der Waals surface area contributed by atoms with Gasteiger partial charge in [-0.05, 0) is 18.6 Å². The minimum atomic E-state index is 0.0711. The fraction of sp³-hybridized carbons (Fsp3) is 0.364. The quantitative estimate of drug-likeness (QED) is 0.652. The van der Waals surface area contributed by atoms with Crippen molar-refractivity contribution in [3.8, 4) is 11.8 Å². The molecule has 0 saturated carbocycles. The fourth-order valence-corrected chi connectivity index (χ4v) is 1.66. The van der Waals surface area contributed by atoms with Gasteiger partial charge >= 0.3 is 0 Å². The van der Waals surface area contributed by atoms with Gasteiger partial charge in [0.1, 0.15) is 11.9 Å². The predicted octanol–water partition coefficient (Wildman–Crippen LogP) is 2.21. The van der Waals surface area contributed by atoms with Crippen LogP contribution in [-0.2, 0) is 6.42 Å². The second-order valence-electron chi connectivity index (χ2n) is 3.42. The first-order chi connectivity index (χ1) is 6.29. The molecule has 1 unspecified atom stereocenters. The van der Waals surface area contributed by atoms with E-state index in [0.717, 1.165) is 12.2 Å². The zero-order valence-corrected chi connectivity index (χ0v) is 7.58. The third kappa shape index (κ3) is 1.50. The van der Waals surface area contributed by atoms with Crippen molar-refractivity contribution in [1.29, 1.82) is 5.26 Å². The Morgan fingerprint density at radius 3 is 3.23 bits per heavy atom. The number of nitrogens with zero attached hydrogens (tertiary/aromatic N) is 1. The summed E-state index contributed by atoms with van der Waals surface area (Å²) in [6.07, 6.45) is 1.43. The SMILES string of the molecule is Cc1ccc2c(c1)CC(CC#N)O2. The van der Waals surface area contributed by atoms with Gasteiger partial charge in [-0.3, -0.25) is 0 Å². The summed E-state index contributed by atoms with van der Waals surface area (Å²) in [4.78, 5) is 0. The molecule has 0 N–H and O–H groups in total.